The van der Waals surface area contributed by atoms with Gasteiger partial charge in [0, 0.05) is 42.9 Å². The Hall–Kier alpha value is -4.11. The fraction of sp³-hybridized carbons (Fsp3) is 0.192. The number of hydrogen-bond donors (Lipinski definition) is 5. The molecule has 0 radical (unpaired) electrons. The SMILES string of the molecule is N=C(c1cccc(NC(=O)Nc2ccc(S(N)(=O)=O)cc2Cc2ccc(S(N)(=O)=O)cc2)c1)N1CCC(=O)CC1. The molecule has 1 aliphatic heterocycles. The summed E-state index contributed by atoms with van der Waals surface area (Å²) in [6, 6.07) is 15.9. The molecule has 0 aliphatic carbocycles. The number of nitrogens with zero attached hydrogens (tertiary/aromatic N) is 1. The summed E-state index contributed by atoms with van der Waals surface area (Å²) in [5.41, 5.74) is 2.36. The lowest BCUT2D eigenvalue weighted by molar-refractivity contribution is -0.120. The molecule has 3 aromatic rings. The number of amides is 2. The van der Waals surface area contributed by atoms with Gasteiger partial charge in [-0.1, -0.05) is 24.3 Å². The van der Waals surface area contributed by atoms with E-state index in [2.05, 4.69) is 10.6 Å². The predicted octanol–water partition coefficient (Wildman–Crippen LogP) is 2.21. The van der Waals surface area contributed by atoms with Crippen molar-refractivity contribution in [2.45, 2.75) is 29.1 Å². The zero-order valence-electron chi connectivity index (χ0n) is 21.3. The minimum Gasteiger partial charge on any atom is -0.356 e. The Morgan fingerprint density at radius 3 is 2.10 bits per heavy atom. The van der Waals surface area contributed by atoms with Crippen LogP contribution >= 0.6 is 0 Å². The van der Waals surface area contributed by atoms with E-state index in [4.69, 9.17) is 15.7 Å². The van der Waals surface area contributed by atoms with E-state index in [0.717, 1.165) is 0 Å². The van der Waals surface area contributed by atoms with Crippen LogP contribution in [0.15, 0.2) is 76.5 Å². The second-order valence-corrected chi connectivity index (χ2v) is 12.4. The zero-order valence-corrected chi connectivity index (χ0v) is 22.9. The third-order valence-corrected chi connectivity index (χ3v) is 8.17. The highest BCUT2D eigenvalue weighted by Crippen LogP contribution is 2.24. The van der Waals surface area contributed by atoms with Crippen molar-refractivity contribution >= 4 is 49.1 Å². The number of anilines is 2. The lowest BCUT2D eigenvalue weighted by atomic mass is 10.0. The number of rotatable bonds is 7. The molecule has 2 amide bonds. The van der Waals surface area contributed by atoms with E-state index in [0.29, 0.717) is 54.0 Å². The van der Waals surface area contributed by atoms with E-state index in [1.807, 2.05) is 4.90 Å². The van der Waals surface area contributed by atoms with E-state index < -0.39 is 26.1 Å². The molecule has 210 valence electrons. The predicted molar refractivity (Wildman–Crippen MR) is 150 cm³/mol. The summed E-state index contributed by atoms with van der Waals surface area (Å²) in [7, 11) is -7.91. The van der Waals surface area contributed by atoms with Crippen molar-refractivity contribution < 1.29 is 26.4 Å². The van der Waals surface area contributed by atoms with Gasteiger partial charge in [0.2, 0.25) is 20.0 Å². The second-order valence-electron chi connectivity index (χ2n) is 9.26. The molecule has 0 unspecified atom stereocenters. The minimum absolute atomic E-state index is 0.0728. The van der Waals surface area contributed by atoms with Crippen molar-refractivity contribution in [1.82, 2.24) is 4.90 Å². The summed E-state index contributed by atoms with van der Waals surface area (Å²) in [6.45, 7) is 0.940. The molecule has 0 spiro atoms. The quantitative estimate of drug-likeness (QED) is 0.206. The van der Waals surface area contributed by atoms with Gasteiger partial charge < -0.3 is 15.5 Å². The van der Waals surface area contributed by atoms with Crippen LogP contribution in [-0.4, -0.2) is 52.5 Å². The summed E-state index contributed by atoms with van der Waals surface area (Å²) >= 11 is 0. The number of hydrogen-bond acceptors (Lipinski definition) is 7. The first-order valence-corrected chi connectivity index (χ1v) is 15.2. The third kappa shape index (κ3) is 7.30. The average Bonchev–Trinajstić information content (AvgIpc) is 2.89. The van der Waals surface area contributed by atoms with Gasteiger partial charge in [-0.2, -0.15) is 0 Å². The number of benzene rings is 3. The molecule has 1 heterocycles. The molecule has 0 aromatic heterocycles. The first-order chi connectivity index (χ1) is 18.8. The second kappa shape index (κ2) is 11.6. The summed E-state index contributed by atoms with van der Waals surface area (Å²) in [4.78, 5) is 26.0. The van der Waals surface area contributed by atoms with Crippen LogP contribution in [0, 0.1) is 5.41 Å². The first kappa shape index (κ1) is 28.9. The van der Waals surface area contributed by atoms with Crippen LogP contribution in [0.5, 0.6) is 0 Å². The van der Waals surface area contributed by atoms with Crippen LogP contribution in [0.1, 0.15) is 29.5 Å². The number of primary sulfonamides is 2. The molecule has 3 aromatic carbocycles. The third-order valence-electron chi connectivity index (χ3n) is 6.33. The van der Waals surface area contributed by atoms with E-state index in [1.54, 1.807) is 24.3 Å². The number of sulfonamides is 2. The van der Waals surface area contributed by atoms with Crippen molar-refractivity contribution in [1.29, 1.82) is 5.41 Å². The Balaban J connectivity index is 1.52. The van der Waals surface area contributed by atoms with Crippen LogP contribution in [0.4, 0.5) is 16.2 Å². The van der Waals surface area contributed by atoms with E-state index in [1.165, 1.54) is 42.5 Å². The largest absolute Gasteiger partial charge is 0.356 e. The maximum Gasteiger partial charge on any atom is 0.323 e. The van der Waals surface area contributed by atoms with Crippen LogP contribution in [0.25, 0.3) is 0 Å². The molecule has 4 rings (SSSR count). The van der Waals surface area contributed by atoms with Crippen molar-refractivity contribution in [2.24, 2.45) is 10.3 Å². The normalized spacial score (nSPS) is 14.1. The van der Waals surface area contributed by atoms with Gasteiger partial charge in [-0.3, -0.25) is 10.2 Å². The Bertz CT molecular complexity index is 1680. The Morgan fingerprint density at radius 1 is 0.850 bits per heavy atom. The van der Waals surface area contributed by atoms with Gasteiger partial charge >= 0.3 is 6.03 Å². The fourth-order valence-electron chi connectivity index (χ4n) is 4.22. The smallest absolute Gasteiger partial charge is 0.323 e. The molecule has 14 heteroatoms. The Kier molecular flexibility index (Phi) is 8.34. The van der Waals surface area contributed by atoms with Gasteiger partial charge in [-0.05, 0) is 60.0 Å². The van der Waals surface area contributed by atoms with E-state index in [-0.39, 0.29) is 27.8 Å². The summed E-state index contributed by atoms with van der Waals surface area (Å²) < 4.78 is 47.0. The lowest BCUT2D eigenvalue weighted by Crippen LogP contribution is -2.38. The van der Waals surface area contributed by atoms with Crippen molar-refractivity contribution in [3.8, 4) is 0 Å². The maximum absolute atomic E-state index is 12.9. The molecule has 0 atom stereocenters. The number of nitrogens with two attached hydrogens (primary N) is 2. The van der Waals surface area contributed by atoms with Crippen molar-refractivity contribution in [2.75, 3.05) is 23.7 Å². The number of ketones is 1. The molecule has 1 aliphatic rings. The molecule has 0 bridgehead atoms. The number of carbonyl (C=O) groups is 2. The molecular weight excluding hydrogens is 556 g/mol. The van der Waals surface area contributed by atoms with Gasteiger partial charge in [0.15, 0.2) is 0 Å². The van der Waals surface area contributed by atoms with Gasteiger partial charge in [0.1, 0.15) is 11.6 Å². The van der Waals surface area contributed by atoms with Crippen LogP contribution in [0.3, 0.4) is 0 Å². The highest BCUT2D eigenvalue weighted by atomic mass is 32.2. The standard InChI is InChI=1S/C26H28N6O6S2/c27-25(32-12-10-21(33)11-13-32)18-2-1-3-20(15-18)30-26(34)31-24-9-8-23(40(29,37)38)16-19(24)14-17-4-6-22(7-5-17)39(28,35)36/h1-9,15-16,27H,10-14H2,(H2,28,35,36)(H2,29,37,38)(H2,30,31,34). The number of urea groups is 1. The molecule has 1 saturated heterocycles. The van der Waals surface area contributed by atoms with Gasteiger partial charge in [-0.15, -0.1) is 0 Å². The molecule has 7 N–H and O–H groups in total. The van der Waals surface area contributed by atoms with E-state index >= 15 is 0 Å². The number of piperidine rings is 1. The van der Waals surface area contributed by atoms with Crippen molar-refractivity contribution in [3.63, 3.8) is 0 Å². The lowest BCUT2D eigenvalue weighted by Gasteiger charge is -2.28. The Labute approximate surface area is 232 Å². The summed E-state index contributed by atoms with van der Waals surface area (Å²) in [5.74, 6) is 0.430. The number of nitrogens with one attached hydrogen (secondary N) is 3. The number of Topliss-reactive ketones (excluding diaryl/α,β-unsaturated/α-hetero) is 1. The molecule has 12 nitrogen and oxygen atoms in total. The van der Waals surface area contributed by atoms with E-state index in [9.17, 15) is 26.4 Å². The topological polar surface area (TPSA) is 206 Å². The van der Waals surface area contributed by atoms with Crippen LogP contribution < -0.4 is 20.9 Å². The zero-order chi connectivity index (χ0) is 29.1. The molecular formula is C26H28N6O6S2. The fourth-order valence-corrected chi connectivity index (χ4v) is 5.30. The minimum atomic E-state index is -4.03. The van der Waals surface area contributed by atoms with Crippen LogP contribution in [-0.2, 0) is 31.3 Å². The highest BCUT2D eigenvalue weighted by Gasteiger charge is 2.20. The van der Waals surface area contributed by atoms with Crippen LogP contribution in [0.2, 0.25) is 0 Å². The number of carbonyl (C=O) groups excluding carboxylic acids is 2. The monoisotopic (exact) mass is 584 g/mol. The number of likely N-dealkylation sites (tertiary alicyclic amines) is 1. The maximum atomic E-state index is 12.9. The summed E-state index contributed by atoms with van der Waals surface area (Å²) in [6.07, 6.45) is 0.937. The first-order valence-electron chi connectivity index (χ1n) is 12.1. The highest BCUT2D eigenvalue weighted by molar-refractivity contribution is 7.89. The summed E-state index contributed by atoms with van der Waals surface area (Å²) in [5, 5.41) is 24.4. The van der Waals surface area contributed by atoms with Crippen molar-refractivity contribution in [3.05, 3.63) is 83.4 Å². The van der Waals surface area contributed by atoms with Gasteiger partial charge in [0.05, 0.1) is 9.79 Å². The molecule has 40 heavy (non-hydrogen) atoms. The number of amidine groups is 1. The average molecular weight is 585 g/mol. The molecule has 1 fully saturated rings. The van der Waals surface area contributed by atoms with Gasteiger partial charge in [0.25, 0.3) is 0 Å². The van der Waals surface area contributed by atoms with Gasteiger partial charge in [-0.25, -0.2) is 31.9 Å². The molecule has 0 saturated carbocycles. The Morgan fingerprint density at radius 2 is 1.48 bits per heavy atom.